The summed E-state index contributed by atoms with van der Waals surface area (Å²) < 4.78 is 3.57. The molecule has 0 unspecified atom stereocenters. The van der Waals surface area contributed by atoms with Crippen LogP contribution in [0.15, 0.2) is 27.1 Å². The van der Waals surface area contributed by atoms with Gasteiger partial charge in [-0.1, -0.05) is 15.9 Å². The number of hydrogen-bond acceptors (Lipinski definition) is 3. The van der Waals surface area contributed by atoms with E-state index in [1.165, 1.54) is 12.1 Å². The second-order valence-corrected chi connectivity index (χ2v) is 5.82. The highest BCUT2D eigenvalue weighted by atomic mass is 79.9. The van der Waals surface area contributed by atoms with Crippen molar-refractivity contribution in [2.75, 3.05) is 0 Å². The minimum absolute atomic E-state index is 0.0742. The van der Waals surface area contributed by atoms with Gasteiger partial charge in [0.1, 0.15) is 0 Å². The van der Waals surface area contributed by atoms with Crippen molar-refractivity contribution < 1.29 is 4.92 Å². The monoisotopic (exact) mass is 387 g/mol. The van der Waals surface area contributed by atoms with Crippen LogP contribution >= 0.6 is 31.9 Å². The molecule has 7 heteroatoms. The van der Waals surface area contributed by atoms with Crippen molar-refractivity contribution >= 4 is 37.5 Å². The van der Waals surface area contributed by atoms with E-state index in [4.69, 9.17) is 0 Å². The third kappa shape index (κ3) is 2.87. The van der Waals surface area contributed by atoms with E-state index < -0.39 is 4.92 Å². The van der Waals surface area contributed by atoms with E-state index in [-0.39, 0.29) is 5.69 Å². The van der Waals surface area contributed by atoms with Gasteiger partial charge in [-0.2, -0.15) is 5.10 Å². The molecule has 0 bridgehead atoms. The highest BCUT2D eigenvalue weighted by Gasteiger charge is 2.13. The summed E-state index contributed by atoms with van der Waals surface area (Å²) in [5, 5.41) is 15.1. The van der Waals surface area contributed by atoms with Crippen molar-refractivity contribution in [3.8, 4) is 0 Å². The lowest BCUT2D eigenvalue weighted by Crippen LogP contribution is -2.05. The molecule has 19 heavy (non-hydrogen) atoms. The number of aryl methyl sites for hydroxylation is 1. The summed E-state index contributed by atoms with van der Waals surface area (Å²) in [6, 6.07) is 4.75. The fourth-order valence-corrected chi connectivity index (χ4v) is 2.54. The zero-order valence-corrected chi connectivity index (χ0v) is 13.5. The van der Waals surface area contributed by atoms with Crippen molar-refractivity contribution in [2.24, 2.45) is 0 Å². The third-order valence-electron chi connectivity index (χ3n) is 2.86. The van der Waals surface area contributed by atoms with Crippen LogP contribution in [0.2, 0.25) is 0 Å². The molecule has 100 valence electrons. The van der Waals surface area contributed by atoms with E-state index in [1.807, 2.05) is 18.5 Å². The van der Waals surface area contributed by atoms with E-state index >= 15 is 0 Å². The number of hydrogen-bond donors (Lipinski definition) is 0. The topological polar surface area (TPSA) is 61.0 Å². The number of nitro benzene ring substituents is 1. The zero-order valence-electron chi connectivity index (χ0n) is 10.4. The van der Waals surface area contributed by atoms with E-state index in [9.17, 15) is 10.1 Å². The Morgan fingerprint density at radius 2 is 2.05 bits per heavy atom. The zero-order chi connectivity index (χ0) is 14.2. The van der Waals surface area contributed by atoms with Crippen LogP contribution < -0.4 is 0 Å². The highest BCUT2D eigenvalue weighted by molar-refractivity contribution is 9.10. The Labute approximate surface area is 127 Å². The molecular formula is C12H11Br2N3O2. The lowest BCUT2D eigenvalue weighted by molar-refractivity contribution is -0.384. The first-order valence-corrected chi connectivity index (χ1v) is 7.11. The van der Waals surface area contributed by atoms with Crippen LogP contribution in [-0.2, 0) is 6.54 Å². The number of non-ortho nitro benzene ring substituents is 1. The van der Waals surface area contributed by atoms with Crippen LogP contribution in [-0.4, -0.2) is 14.7 Å². The Kier molecular flexibility index (Phi) is 4.05. The van der Waals surface area contributed by atoms with E-state index in [2.05, 4.69) is 37.0 Å². The van der Waals surface area contributed by atoms with Crippen molar-refractivity contribution in [3.05, 3.63) is 54.2 Å². The summed E-state index contributed by atoms with van der Waals surface area (Å²) in [5.41, 5.74) is 2.98. The normalized spacial score (nSPS) is 10.7. The van der Waals surface area contributed by atoms with Gasteiger partial charge < -0.3 is 0 Å². The fourth-order valence-electron chi connectivity index (χ4n) is 1.77. The molecule has 0 spiro atoms. The summed E-state index contributed by atoms with van der Waals surface area (Å²) in [6.07, 6.45) is 0. The van der Waals surface area contributed by atoms with Gasteiger partial charge in [0.15, 0.2) is 0 Å². The molecule has 5 nitrogen and oxygen atoms in total. The highest BCUT2D eigenvalue weighted by Crippen LogP contribution is 2.26. The third-order valence-corrected chi connectivity index (χ3v) is 4.75. The Morgan fingerprint density at radius 3 is 2.53 bits per heavy atom. The first-order valence-electron chi connectivity index (χ1n) is 5.52. The van der Waals surface area contributed by atoms with Gasteiger partial charge >= 0.3 is 0 Å². The molecule has 1 heterocycles. The molecule has 0 N–H and O–H groups in total. The smallest absolute Gasteiger partial charge is 0.264 e. The first-order chi connectivity index (χ1) is 8.90. The van der Waals surface area contributed by atoms with Gasteiger partial charge in [-0.05, 0) is 41.4 Å². The van der Waals surface area contributed by atoms with Crippen LogP contribution in [0.4, 0.5) is 5.69 Å². The maximum absolute atomic E-state index is 10.7. The van der Waals surface area contributed by atoms with Gasteiger partial charge in [-0.25, -0.2) is 0 Å². The molecule has 0 aliphatic rings. The van der Waals surface area contributed by atoms with Crippen molar-refractivity contribution in [1.29, 1.82) is 0 Å². The number of rotatable bonds is 3. The van der Waals surface area contributed by atoms with Crippen LogP contribution in [0.1, 0.15) is 17.0 Å². The van der Waals surface area contributed by atoms with Crippen LogP contribution in [0.5, 0.6) is 0 Å². The summed E-state index contributed by atoms with van der Waals surface area (Å²) in [4.78, 5) is 10.3. The van der Waals surface area contributed by atoms with Gasteiger partial charge in [-0.3, -0.25) is 14.8 Å². The first kappa shape index (κ1) is 14.2. The van der Waals surface area contributed by atoms with E-state index in [0.29, 0.717) is 11.0 Å². The molecule has 0 amide bonds. The second kappa shape index (κ2) is 5.42. The molecule has 0 fully saturated rings. The van der Waals surface area contributed by atoms with E-state index in [0.717, 1.165) is 21.4 Å². The fraction of sp³-hybridized carbons (Fsp3) is 0.250. The summed E-state index contributed by atoms with van der Waals surface area (Å²) in [7, 11) is 0. The lowest BCUT2D eigenvalue weighted by atomic mass is 10.2. The minimum Gasteiger partial charge on any atom is -0.264 e. The molecule has 1 aromatic carbocycles. The Morgan fingerprint density at radius 1 is 1.37 bits per heavy atom. The van der Waals surface area contributed by atoms with Crippen LogP contribution in [0, 0.1) is 24.0 Å². The molecule has 1 aromatic heterocycles. The number of aromatic nitrogens is 2. The van der Waals surface area contributed by atoms with Crippen molar-refractivity contribution in [3.63, 3.8) is 0 Å². The molecule has 2 aromatic rings. The second-order valence-electron chi connectivity index (χ2n) is 4.18. The minimum atomic E-state index is -0.408. The molecule has 0 saturated carbocycles. The number of nitrogens with zero attached hydrogens (tertiary/aromatic N) is 3. The molecular weight excluding hydrogens is 378 g/mol. The lowest BCUT2D eigenvalue weighted by Gasteiger charge is -2.07. The molecule has 0 atom stereocenters. The Hall–Kier alpha value is -1.21. The number of nitro groups is 1. The summed E-state index contributed by atoms with van der Waals surface area (Å²) in [5.74, 6) is 0. The average molecular weight is 389 g/mol. The summed E-state index contributed by atoms with van der Waals surface area (Å²) in [6.45, 7) is 4.47. The van der Waals surface area contributed by atoms with Crippen LogP contribution in [0.25, 0.3) is 0 Å². The maximum atomic E-state index is 10.7. The van der Waals surface area contributed by atoms with Gasteiger partial charge in [0, 0.05) is 16.6 Å². The maximum Gasteiger partial charge on any atom is 0.270 e. The van der Waals surface area contributed by atoms with Crippen LogP contribution in [0.3, 0.4) is 0 Å². The Balaban J connectivity index is 2.33. The van der Waals surface area contributed by atoms with Gasteiger partial charge in [0.2, 0.25) is 0 Å². The molecule has 0 aliphatic heterocycles. The molecule has 0 saturated heterocycles. The molecule has 0 radical (unpaired) electrons. The average Bonchev–Trinajstić information content (AvgIpc) is 2.59. The number of halogens is 2. The quantitative estimate of drug-likeness (QED) is 0.590. The largest absolute Gasteiger partial charge is 0.270 e. The van der Waals surface area contributed by atoms with Gasteiger partial charge in [-0.15, -0.1) is 0 Å². The van der Waals surface area contributed by atoms with Crippen molar-refractivity contribution in [1.82, 2.24) is 9.78 Å². The van der Waals surface area contributed by atoms with Gasteiger partial charge in [0.25, 0.3) is 5.69 Å². The summed E-state index contributed by atoms with van der Waals surface area (Å²) >= 11 is 6.84. The SMILES string of the molecule is Cc1nn(Cc2ccc([N+](=O)[O-])cc2Br)c(C)c1Br. The number of benzene rings is 1. The van der Waals surface area contributed by atoms with E-state index in [1.54, 1.807) is 6.07 Å². The van der Waals surface area contributed by atoms with Gasteiger partial charge in [0.05, 0.1) is 27.3 Å². The predicted octanol–water partition coefficient (Wildman–Crippen LogP) is 3.98. The van der Waals surface area contributed by atoms with Crippen molar-refractivity contribution in [2.45, 2.75) is 20.4 Å². The predicted molar refractivity (Wildman–Crippen MR) is 79.3 cm³/mol. The molecule has 0 aliphatic carbocycles. The standard InChI is InChI=1S/C12H11Br2N3O2/c1-7-12(14)8(2)16(15-7)6-9-3-4-10(17(18)19)5-11(9)13/h3-5H,6H2,1-2H3. The molecule has 2 rings (SSSR count). The Bertz CT molecular complexity index is 653.